The lowest BCUT2D eigenvalue weighted by Gasteiger charge is -2.20. The fourth-order valence-electron chi connectivity index (χ4n) is 2.23. The van der Waals surface area contributed by atoms with Crippen LogP contribution in [0.5, 0.6) is 0 Å². The molecule has 4 heteroatoms. The number of carbonyl (C=O) groups is 1. The van der Waals surface area contributed by atoms with Crippen LogP contribution in [0, 0.1) is 5.92 Å². The third-order valence-corrected chi connectivity index (χ3v) is 4.06. The quantitative estimate of drug-likeness (QED) is 0.806. The van der Waals surface area contributed by atoms with Crippen molar-refractivity contribution >= 4 is 17.2 Å². The van der Waals surface area contributed by atoms with E-state index in [9.17, 15) is 4.79 Å². The van der Waals surface area contributed by atoms with Gasteiger partial charge in [0.15, 0.2) is 0 Å². The number of rotatable bonds is 4. The lowest BCUT2D eigenvalue weighted by molar-refractivity contribution is -0.133. The van der Waals surface area contributed by atoms with Crippen molar-refractivity contribution in [3.05, 3.63) is 16.6 Å². The molecule has 0 N–H and O–H groups in total. The SMILES string of the molecule is CN(CCc1nccs1)C(=O)C1CCCC1. The Hall–Kier alpha value is -0.900. The highest BCUT2D eigenvalue weighted by molar-refractivity contribution is 7.09. The molecular formula is C12H18N2OS. The Balaban J connectivity index is 1.78. The summed E-state index contributed by atoms with van der Waals surface area (Å²) in [6.45, 7) is 0.794. The molecule has 3 nitrogen and oxygen atoms in total. The highest BCUT2D eigenvalue weighted by atomic mass is 32.1. The molecule has 2 rings (SSSR count). The number of hydrogen-bond donors (Lipinski definition) is 0. The number of likely N-dealkylation sites (N-methyl/N-ethyl adjacent to an activating group) is 1. The van der Waals surface area contributed by atoms with Crippen LogP contribution in [0.25, 0.3) is 0 Å². The van der Waals surface area contributed by atoms with Crippen molar-refractivity contribution in [2.75, 3.05) is 13.6 Å². The van der Waals surface area contributed by atoms with Crippen molar-refractivity contribution in [1.29, 1.82) is 0 Å². The third-order valence-electron chi connectivity index (χ3n) is 3.23. The molecule has 0 aliphatic heterocycles. The van der Waals surface area contributed by atoms with Gasteiger partial charge in [-0.15, -0.1) is 11.3 Å². The Morgan fingerprint density at radius 2 is 2.31 bits per heavy atom. The maximum Gasteiger partial charge on any atom is 0.225 e. The van der Waals surface area contributed by atoms with E-state index in [1.807, 2.05) is 23.5 Å². The van der Waals surface area contributed by atoms with E-state index in [0.717, 1.165) is 30.8 Å². The van der Waals surface area contributed by atoms with Gasteiger partial charge in [0.2, 0.25) is 5.91 Å². The van der Waals surface area contributed by atoms with Gasteiger partial charge < -0.3 is 4.90 Å². The summed E-state index contributed by atoms with van der Waals surface area (Å²) in [5.74, 6) is 0.621. The second-order valence-electron chi connectivity index (χ2n) is 4.42. The predicted molar refractivity (Wildman–Crippen MR) is 65.4 cm³/mol. The Morgan fingerprint density at radius 1 is 1.56 bits per heavy atom. The first-order valence-electron chi connectivity index (χ1n) is 5.90. The number of amides is 1. The monoisotopic (exact) mass is 238 g/mol. The molecule has 0 spiro atoms. The van der Waals surface area contributed by atoms with Crippen LogP contribution in [0.2, 0.25) is 0 Å². The van der Waals surface area contributed by atoms with Gasteiger partial charge in [0.1, 0.15) is 0 Å². The summed E-state index contributed by atoms with van der Waals surface area (Å²) in [7, 11) is 1.91. The fourth-order valence-corrected chi connectivity index (χ4v) is 2.84. The number of hydrogen-bond acceptors (Lipinski definition) is 3. The summed E-state index contributed by atoms with van der Waals surface area (Å²) in [5.41, 5.74) is 0. The van der Waals surface area contributed by atoms with Crippen molar-refractivity contribution in [2.24, 2.45) is 5.92 Å². The van der Waals surface area contributed by atoms with Crippen LogP contribution in [0.3, 0.4) is 0 Å². The first kappa shape index (κ1) is 11.6. The smallest absolute Gasteiger partial charge is 0.225 e. The number of aromatic nitrogens is 1. The summed E-state index contributed by atoms with van der Waals surface area (Å²) >= 11 is 1.66. The second-order valence-corrected chi connectivity index (χ2v) is 5.40. The molecule has 1 saturated carbocycles. The van der Waals surface area contributed by atoms with Gasteiger partial charge >= 0.3 is 0 Å². The van der Waals surface area contributed by atoms with E-state index in [-0.39, 0.29) is 0 Å². The van der Waals surface area contributed by atoms with E-state index in [1.165, 1.54) is 12.8 Å². The predicted octanol–water partition coefficient (Wildman–Crippen LogP) is 2.33. The van der Waals surface area contributed by atoms with Gasteiger partial charge in [-0.25, -0.2) is 4.98 Å². The zero-order valence-corrected chi connectivity index (χ0v) is 10.5. The first-order valence-corrected chi connectivity index (χ1v) is 6.78. The molecular weight excluding hydrogens is 220 g/mol. The zero-order chi connectivity index (χ0) is 11.4. The molecule has 1 aromatic rings. The van der Waals surface area contributed by atoms with Crippen molar-refractivity contribution in [2.45, 2.75) is 32.1 Å². The van der Waals surface area contributed by atoms with Crippen LogP contribution in [-0.4, -0.2) is 29.4 Å². The van der Waals surface area contributed by atoms with Crippen molar-refractivity contribution in [3.8, 4) is 0 Å². The first-order chi connectivity index (χ1) is 7.77. The lowest BCUT2D eigenvalue weighted by atomic mass is 10.1. The van der Waals surface area contributed by atoms with Crippen LogP contribution in [0.4, 0.5) is 0 Å². The molecule has 0 saturated heterocycles. The molecule has 0 radical (unpaired) electrons. The number of thiazole rings is 1. The second kappa shape index (κ2) is 5.43. The Morgan fingerprint density at radius 3 is 2.94 bits per heavy atom. The average Bonchev–Trinajstić information content (AvgIpc) is 2.96. The average molecular weight is 238 g/mol. The Kier molecular flexibility index (Phi) is 3.93. The minimum Gasteiger partial charge on any atom is -0.345 e. The normalized spacial score (nSPS) is 16.6. The van der Waals surface area contributed by atoms with E-state index in [2.05, 4.69) is 4.98 Å². The van der Waals surface area contributed by atoms with Gasteiger partial charge in [-0.1, -0.05) is 12.8 Å². The van der Waals surface area contributed by atoms with Gasteiger partial charge in [0, 0.05) is 37.5 Å². The van der Waals surface area contributed by atoms with Crippen molar-refractivity contribution in [3.63, 3.8) is 0 Å². The molecule has 88 valence electrons. The molecule has 1 aliphatic rings. The minimum absolute atomic E-state index is 0.293. The van der Waals surface area contributed by atoms with E-state index in [1.54, 1.807) is 11.3 Å². The zero-order valence-electron chi connectivity index (χ0n) is 9.69. The largest absolute Gasteiger partial charge is 0.345 e. The summed E-state index contributed by atoms with van der Waals surface area (Å²) in [6.07, 6.45) is 7.31. The van der Waals surface area contributed by atoms with E-state index >= 15 is 0 Å². The maximum atomic E-state index is 12.0. The third kappa shape index (κ3) is 2.82. The lowest BCUT2D eigenvalue weighted by Crippen LogP contribution is -2.33. The highest BCUT2D eigenvalue weighted by Crippen LogP contribution is 2.26. The molecule has 16 heavy (non-hydrogen) atoms. The van der Waals surface area contributed by atoms with E-state index in [4.69, 9.17) is 0 Å². The minimum atomic E-state index is 0.293. The fraction of sp³-hybridized carbons (Fsp3) is 0.667. The van der Waals surface area contributed by atoms with E-state index < -0.39 is 0 Å². The molecule has 0 bridgehead atoms. The topological polar surface area (TPSA) is 33.2 Å². The highest BCUT2D eigenvalue weighted by Gasteiger charge is 2.25. The van der Waals surface area contributed by atoms with Crippen LogP contribution in [-0.2, 0) is 11.2 Å². The van der Waals surface area contributed by atoms with E-state index in [0.29, 0.717) is 11.8 Å². The Bertz CT molecular complexity index is 331. The summed E-state index contributed by atoms with van der Waals surface area (Å²) in [4.78, 5) is 18.1. The molecule has 1 aliphatic carbocycles. The van der Waals surface area contributed by atoms with Gasteiger partial charge in [0.25, 0.3) is 0 Å². The molecule has 0 atom stereocenters. The van der Waals surface area contributed by atoms with Gasteiger partial charge in [-0.3, -0.25) is 4.79 Å². The molecule has 1 amide bonds. The maximum absolute atomic E-state index is 12.0. The van der Waals surface area contributed by atoms with Crippen LogP contribution >= 0.6 is 11.3 Å². The summed E-state index contributed by atoms with van der Waals surface area (Å²) < 4.78 is 0. The molecule has 1 aromatic heterocycles. The van der Waals surface area contributed by atoms with Gasteiger partial charge in [-0.05, 0) is 12.8 Å². The van der Waals surface area contributed by atoms with Gasteiger partial charge in [-0.2, -0.15) is 0 Å². The van der Waals surface area contributed by atoms with Gasteiger partial charge in [0.05, 0.1) is 5.01 Å². The van der Waals surface area contributed by atoms with Crippen LogP contribution in [0.1, 0.15) is 30.7 Å². The standard InChI is InChI=1S/C12H18N2OS/c1-14(8-6-11-13-7-9-16-11)12(15)10-4-2-3-5-10/h7,9-10H,2-6,8H2,1H3. The molecule has 0 aromatic carbocycles. The van der Waals surface area contributed by atoms with Crippen molar-refractivity contribution < 1.29 is 4.79 Å². The summed E-state index contributed by atoms with van der Waals surface area (Å²) in [5, 5.41) is 3.10. The number of nitrogens with zero attached hydrogens (tertiary/aromatic N) is 2. The summed E-state index contributed by atoms with van der Waals surface area (Å²) in [6, 6.07) is 0. The Labute approximate surface area is 100 Å². The molecule has 1 heterocycles. The molecule has 0 unspecified atom stereocenters. The van der Waals surface area contributed by atoms with Crippen LogP contribution in [0.15, 0.2) is 11.6 Å². The number of carbonyl (C=O) groups excluding carboxylic acids is 1. The molecule has 1 fully saturated rings. The van der Waals surface area contributed by atoms with Crippen LogP contribution < -0.4 is 0 Å². The van der Waals surface area contributed by atoms with Crippen molar-refractivity contribution in [1.82, 2.24) is 9.88 Å².